The summed E-state index contributed by atoms with van der Waals surface area (Å²) >= 11 is 0. The Morgan fingerprint density at radius 3 is 2.86 bits per heavy atom. The molecule has 0 radical (unpaired) electrons. The zero-order valence-corrected chi connectivity index (χ0v) is 20.2. The highest BCUT2D eigenvalue weighted by Gasteiger charge is 2.36. The van der Waals surface area contributed by atoms with Gasteiger partial charge in [0.1, 0.15) is 17.7 Å². The summed E-state index contributed by atoms with van der Waals surface area (Å²) < 4.78 is 1.97. The third-order valence-electron chi connectivity index (χ3n) is 8.27. The molecule has 6 rings (SSSR count). The van der Waals surface area contributed by atoms with Crippen LogP contribution in [0.25, 0.3) is 16.4 Å². The van der Waals surface area contributed by atoms with E-state index in [0.29, 0.717) is 17.6 Å². The zero-order valence-electron chi connectivity index (χ0n) is 20.2. The third-order valence-corrected chi connectivity index (χ3v) is 8.27. The van der Waals surface area contributed by atoms with Gasteiger partial charge in [0.2, 0.25) is 5.91 Å². The standard InChI is InChI=1S/C28H32N6O/c1-28(14-12-21(16-28)23-8-9-24-26(29)30-17-31-34(23)24)13-11-18-5-6-19-7-10-25(32-22(19)15-18)33-27(35)20-3-2-4-20/h5-10,15,17,20-21H,2-4,11-14,16H2,1H3,(H2,29,30,31)(H,32,33,35)/t21?,28-/m1/s1. The van der Waals surface area contributed by atoms with Gasteiger partial charge in [0.25, 0.3) is 0 Å². The van der Waals surface area contributed by atoms with E-state index in [1.54, 1.807) is 0 Å². The number of benzene rings is 1. The summed E-state index contributed by atoms with van der Waals surface area (Å²) in [5.74, 6) is 1.93. The number of nitrogens with one attached hydrogen (secondary N) is 1. The number of carbonyl (C=O) groups excluding carboxylic acids is 1. The van der Waals surface area contributed by atoms with Crippen LogP contribution in [0.15, 0.2) is 48.8 Å². The maximum Gasteiger partial charge on any atom is 0.228 e. The van der Waals surface area contributed by atoms with Gasteiger partial charge >= 0.3 is 0 Å². The molecule has 0 bridgehead atoms. The van der Waals surface area contributed by atoms with Crippen LogP contribution in [0, 0.1) is 11.3 Å². The molecule has 7 nitrogen and oxygen atoms in total. The van der Waals surface area contributed by atoms with Gasteiger partial charge in [0.05, 0.1) is 5.52 Å². The summed E-state index contributed by atoms with van der Waals surface area (Å²) in [5.41, 5.74) is 10.7. The Morgan fingerprint density at radius 1 is 1.17 bits per heavy atom. The lowest BCUT2D eigenvalue weighted by Crippen LogP contribution is -2.28. The van der Waals surface area contributed by atoms with Gasteiger partial charge in [-0.25, -0.2) is 14.5 Å². The molecule has 2 aliphatic rings. The fourth-order valence-corrected chi connectivity index (χ4v) is 5.82. The average Bonchev–Trinajstić information content (AvgIpc) is 3.41. The van der Waals surface area contributed by atoms with Gasteiger partial charge in [-0.15, -0.1) is 0 Å². The molecule has 3 N–H and O–H groups in total. The molecular weight excluding hydrogens is 436 g/mol. The fourth-order valence-electron chi connectivity index (χ4n) is 5.82. The molecule has 2 saturated carbocycles. The summed E-state index contributed by atoms with van der Waals surface area (Å²) in [6.07, 6.45) is 10.3. The van der Waals surface area contributed by atoms with Crippen LogP contribution < -0.4 is 11.1 Å². The summed E-state index contributed by atoms with van der Waals surface area (Å²) in [7, 11) is 0. The molecule has 2 aliphatic carbocycles. The van der Waals surface area contributed by atoms with E-state index >= 15 is 0 Å². The number of pyridine rings is 1. The second-order valence-electron chi connectivity index (χ2n) is 10.8. The van der Waals surface area contributed by atoms with Crippen molar-refractivity contribution in [2.24, 2.45) is 11.3 Å². The van der Waals surface area contributed by atoms with Gasteiger partial charge < -0.3 is 11.1 Å². The van der Waals surface area contributed by atoms with Crippen LogP contribution in [0.4, 0.5) is 11.6 Å². The van der Waals surface area contributed by atoms with Crippen molar-refractivity contribution in [3.05, 3.63) is 60.0 Å². The fraction of sp³-hybridized carbons (Fsp3) is 0.429. The van der Waals surface area contributed by atoms with E-state index in [-0.39, 0.29) is 17.2 Å². The number of nitrogens with zero attached hydrogens (tertiary/aromatic N) is 4. The predicted octanol–water partition coefficient (Wildman–Crippen LogP) is 5.50. The normalized spacial score (nSPS) is 22.5. The molecule has 0 spiro atoms. The van der Waals surface area contributed by atoms with E-state index in [0.717, 1.165) is 61.4 Å². The van der Waals surface area contributed by atoms with Crippen LogP contribution in [0.2, 0.25) is 0 Å². The molecule has 35 heavy (non-hydrogen) atoms. The number of amides is 1. The number of hydrogen-bond acceptors (Lipinski definition) is 5. The SMILES string of the molecule is C[C@@]1(CCc2ccc3ccc(NC(=O)C4CCC4)nc3c2)CCC(c2ccc3c(N)ncnn23)C1. The van der Waals surface area contributed by atoms with Crippen molar-refractivity contribution < 1.29 is 4.79 Å². The Balaban J connectivity index is 1.13. The largest absolute Gasteiger partial charge is 0.382 e. The first-order valence-electron chi connectivity index (χ1n) is 12.8. The Bertz CT molecular complexity index is 1410. The van der Waals surface area contributed by atoms with E-state index < -0.39 is 0 Å². The van der Waals surface area contributed by atoms with Crippen molar-refractivity contribution in [1.29, 1.82) is 0 Å². The molecule has 1 unspecified atom stereocenters. The topological polar surface area (TPSA) is 98.2 Å². The Kier molecular flexibility index (Phi) is 5.43. The van der Waals surface area contributed by atoms with Crippen LogP contribution >= 0.6 is 0 Å². The van der Waals surface area contributed by atoms with Crippen LogP contribution in [-0.4, -0.2) is 25.5 Å². The Hall–Kier alpha value is -3.48. The molecule has 1 amide bonds. The van der Waals surface area contributed by atoms with E-state index in [9.17, 15) is 4.79 Å². The van der Waals surface area contributed by atoms with Crippen molar-refractivity contribution in [2.75, 3.05) is 11.1 Å². The monoisotopic (exact) mass is 468 g/mol. The molecular formula is C28H32N6O. The van der Waals surface area contributed by atoms with Crippen LogP contribution in [-0.2, 0) is 11.2 Å². The molecule has 3 aromatic heterocycles. The molecule has 2 fully saturated rings. The van der Waals surface area contributed by atoms with Gasteiger partial charge in [-0.3, -0.25) is 4.79 Å². The number of rotatable bonds is 6. The predicted molar refractivity (Wildman–Crippen MR) is 138 cm³/mol. The number of carbonyl (C=O) groups is 1. The summed E-state index contributed by atoms with van der Waals surface area (Å²) in [4.78, 5) is 21.2. The quantitative estimate of drug-likeness (QED) is 0.389. The van der Waals surface area contributed by atoms with E-state index in [2.05, 4.69) is 46.6 Å². The van der Waals surface area contributed by atoms with Crippen LogP contribution in [0.5, 0.6) is 0 Å². The minimum Gasteiger partial charge on any atom is -0.382 e. The second-order valence-corrected chi connectivity index (χ2v) is 10.8. The maximum absolute atomic E-state index is 12.3. The van der Waals surface area contributed by atoms with E-state index in [1.165, 1.54) is 24.0 Å². The molecule has 3 heterocycles. The first kappa shape index (κ1) is 22.0. The van der Waals surface area contributed by atoms with E-state index in [4.69, 9.17) is 10.7 Å². The maximum atomic E-state index is 12.3. The van der Waals surface area contributed by atoms with Crippen molar-refractivity contribution in [3.8, 4) is 0 Å². The van der Waals surface area contributed by atoms with E-state index in [1.807, 2.05) is 22.7 Å². The molecule has 0 saturated heterocycles. The molecule has 180 valence electrons. The van der Waals surface area contributed by atoms with Crippen molar-refractivity contribution in [1.82, 2.24) is 19.6 Å². The number of aryl methyl sites for hydroxylation is 1. The summed E-state index contributed by atoms with van der Waals surface area (Å²) in [6.45, 7) is 2.42. The van der Waals surface area contributed by atoms with Gasteiger partial charge in [-0.2, -0.15) is 5.10 Å². The molecule has 1 aromatic carbocycles. The first-order valence-corrected chi connectivity index (χ1v) is 12.8. The number of nitrogens with two attached hydrogens (primary N) is 1. The van der Waals surface area contributed by atoms with Crippen LogP contribution in [0.1, 0.15) is 69.0 Å². The highest BCUT2D eigenvalue weighted by Crippen LogP contribution is 2.49. The lowest BCUT2D eigenvalue weighted by atomic mass is 9.81. The van der Waals surface area contributed by atoms with Gasteiger partial charge in [-0.05, 0) is 86.3 Å². The molecule has 7 heteroatoms. The van der Waals surface area contributed by atoms with Gasteiger partial charge in [-0.1, -0.05) is 25.5 Å². The molecule has 2 atom stereocenters. The summed E-state index contributed by atoms with van der Waals surface area (Å²) in [5, 5.41) is 8.56. The highest BCUT2D eigenvalue weighted by atomic mass is 16.2. The Morgan fingerprint density at radius 2 is 2.03 bits per heavy atom. The number of nitrogen functional groups attached to an aromatic ring is 1. The van der Waals surface area contributed by atoms with Crippen molar-refractivity contribution in [2.45, 2.75) is 64.2 Å². The van der Waals surface area contributed by atoms with Crippen LogP contribution in [0.3, 0.4) is 0 Å². The lowest BCUT2D eigenvalue weighted by Gasteiger charge is -2.24. The average molecular weight is 469 g/mol. The minimum absolute atomic E-state index is 0.105. The summed E-state index contributed by atoms with van der Waals surface area (Å²) in [6, 6.07) is 14.7. The van der Waals surface area contributed by atoms with Gasteiger partial charge in [0.15, 0.2) is 5.82 Å². The lowest BCUT2D eigenvalue weighted by molar-refractivity contribution is -0.122. The smallest absolute Gasteiger partial charge is 0.228 e. The Labute approximate surface area is 205 Å². The highest BCUT2D eigenvalue weighted by molar-refractivity contribution is 5.93. The second kappa shape index (κ2) is 8.63. The van der Waals surface area contributed by atoms with Gasteiger partial charge in [0, 0.05) is 22.9 Å². The molecule has 4 aromatic rings. The van der Waals surface area contributed by atoms with Crippen molar-refractivity contribution in [3.63, 3.8) is 0 Å². The number of aromatic nitrogens is 4. The third kappa shape index (κ3) is 4.24. The zero-order chi connectivity index (χ0) is 24.0. The number of anilines is 2. The first-order chi connectivity index (χ1) is 17.0. The number of hydrogen-bond donors (Lipinski definition) is 2. The molecule has 0 aliphatic heterocycles. The van der Waals surface area contributed by atoms with Crippen molar-refractivity contribution >= 4 is 34.0 Å². The minimum atomic E-state index is 0.105. The number of fused-ring (bicyclic) bond motifs is 2.